The number of aromatic nitrogens is 2. The molecule has 0 radical (unpaired) electrons. The number of nitrogen functional groups attached to an aromatic ring is 1. The summed E-state index contributed by atoms with van der Waals surface area (Å²) < 4.78 is 0. The summed E-state index contributed by atoms with van der Waals surface area (Å²) in [6.07, 6.45) is 0. The highest BCUT2D eigenvalue weighted by molar-refractivity contribution is 5.60. The van der Waals surface area contributed by atoms with Crippen molar-refractivity contribution >= 4 is 11.6 Å². The van der Waals surface area contributed by atoms with Gasteiger partial charge in [0.25, 0.3) is 0 Å². The number of aliphatic hydroxyl groups excluding tert-OH is 1. The summed E-state index contributed by atoms with van der Waals surface area (Å²) in [6.45, 7) is 4.69. The highest BCUT2D eigenvalue weighted by Gasteiger charge is 2.14. The lowest BCUT2D eigenvalue weighted by atomic mass is 10.2. The maximum atomic E-state index is 9.19. The van der Waals surface area contributed by atoms with Crippen molar-refractivity contribution in [1.82, 2.24) is 9.97 Å². The van der Waals surface area contributed by atoms with E-state index in [1.54, 1.807) is 6.07 Å². The standard InChI is InChI=1S/C15H20N4O/c1-11(2)19(8-9-20)14-10-13(16)17-15(18-14)12-6-4-3-5-7-12/h3-7,10-11,20H,8-9H2,1-2H3,(H2,16,17,18). The maximum Gasteiger partial charge on any atom is 0.163 e. The molecule has 3 N–H and O–H groups in total. The maximum absolute atomic E-state index is 9.19. The highest BCUT2D eigenvalue weighted by atomic mass is 16.3. The second-order valence-electron chi connectivity index (χ2n) is 4.85. The Morgan fingerprint density at radius 1 is 1.20 bits per heavy atom. The van der Waals surface area contributed by atoms with Gasteiger partial charge in [-0.2, -0.15) is 0 Å². The lowest BCUT2D eigenvalue weighted by Gasteiger charge is -2.27. The molecule has 0 amide bonds. The van der Waals surface area contributed by atoms with Crippen LogP contribution in [-0.4, -0.2) is 34.3 Å². The topological polar surface area (TPSA) is 75.3 Å². The molecule has 0 aliphatic heterocycles. The van der Waals surface area contributed by atoms with E-state index in [1.165, 1.54) is 0 Å². The van der Waals surface area contributed by atoms with Crippen molar-refractivity contribution in [2.24, 2.45) is 0 Å². The molecule has 0 bridgehead atoms. The van der Waals surface area contributed by atoms with Gasteiger partial charge in [0, 0.05) is 24.2 Å². The van der Waals surface area contributed by atoms with E-state index in [-0.39, 0.29) is 12.6 Å². The van der Waals surface area contributed by atoms with Gasteiger partial charge >= 0.3 is 0 Å². The van der Waals surface area contributed by atoms with Crippen LogP contribution in [0.3, 0.4) is 0 Å². The third kappa shape index (κ3) is 3.24. The molecule has 0 aliphatic rings. The molecule has 0 spiro atoms. The second-order valence-corrected chi connectivity index (χ2v) is 4.85. The number of benzene rings is 1. The number of anilines is 2. The fraction of sp³-hybridized carbons (Fsp3) is 0.333. The van der Waals surface area contributed by atoms with Crippen LogP contribution in [0.4, 0.5) is 11.6 Å². The zero-order valence-corrected chi connectivity index (χ0v) is 11.8. The molecule has 1 aromatic carbocycles. The van der Waals surface area contributed by atoms with Crippen molar-refractivity contribution in [2.75, 3.05) is 23.8 Å². The first-order valence-electron chi connectivity index (χ1n) is 6.69. The zero-order valence-electron chi connectivity index (χ0n) is 11.8. The van der Waals surface area contributed by atoms with E-state index in [0.717, 1.165) is 11.4 Å². The first-order valence-corrected chi connectivity index (χ1v) is 6.69. The monoisotopic (exact) mass is 272 g/mol. The van der Waals surface area contributed by atoms with E-state index in [2.05, 4.69) is 23.8 Å². The summed E-state index contributed by atoms with van der Waals surface area (Å²) in [4.78, 5) is 10.9. The minimum atomic E-state index is 0.0722. The Morgan fingerprint density at radius 3 is 2.50 bits per heavy atom. The molecule has 2 aromatic rings. The summed E-state index contributed by atoms with van der Waals surface area (Å²) in [6, 6.07) is 11.7. The Balaban J connectivity index is 2.43. The summed E-state index contributed by atoms with van der Waals surface area (Å²) >= 11 is 0. The van der Waals surface area contributed by atoms with Crippen LogP contribution in [0.5, 0.6) is 0 Å². The van der Waals surface area contributed by atoms with E-state index in [1.807, 2.05) is 35.2 Å². The molecular formula is C15H20N4O. The lowest BCUT2D eigenvalue weighted by molar-refractivity contribution is 0.298. The van der Waals surface area contributed by atoms with Crippen LogP contribution in [0.15, 0.2) is 36.4 Å². The van der Waals surface area contributed by atoms with Crippen LogP contribution in [0.2, 0.25) is 0 Å². The fourth-order valence-corrected chi connectivity index (χ4v) is 2.06. The largest absolute Gasteiger partial charge is 0.395 e. The van der Waals surface area contributed by atoms with Gasteiger partial charge in [0.05, 0.1) is 6.61 Å². The smallest absolute Gasteiger partial charge is 0.163 e. The van der Waals surface area contributed by atoms with Crippen LogP contribution in [-0.2, 0) is 0 Å². The predicted molar refractivity (Wildman–Crippen MR) is 81.4 cm³/mol. The molecule has 5 heteroatoms. The third-order valence-electron chi connectivity index (χ3n) is 3.02. The third-order valence-corrected chi connectivity index (χ3v) is 3.02. The Hall–Kier alpha value is -2.14. The molecule has 1 aromatic heterocycles. The van der Waals surface area contributed by atoms with E-state index < -0.39 is 0 Å². The van der Waals surface area contributed by atoms with Gasteiger partial charge in [-0.05, 0) is 13.8 Å². The average Bonchev–Trinajstić information content (AvgIpc) is 2.44. The number of nitrogens with two attached hydrogens (primary N) is 1. The van der Waals surface area contributed by atoms with Crippen molar-refractivity contribution in [3.8, 4) is 11.4 Å². The van der Waals surface area contributed by atoms with Gasteiger partial charge in [-0.1, -0.05) is 30.3 Å². The van der Waals surface area contributed by atoms with Crippen LogP contribution in [0.25, 0.3) is 11.4 Å². The van der Waals surface area contributed by atoms with Crippen LogP contribution >= 0.6 is 0 Å². The Labute approximate surface area is 119 Å². The fourth-order valence-electron chi connectivity index (χ4n) is 2.06. The van der Waals surface area contributed by atoms with Crippen LogP contribution in [0.1, 0.15) is 13.8 Å². The number of rotatable bonds is 5. The Morgan fingerprint density at radius 2 is 1.90 bits per heavy atom. The van der Waals surface area contributed by atoms with Gasteiger partial charge in [-0.3, -0.25) is 0 Å². The molecule has 0 unspecified atom stereocenters. The average molecular weight is 272 g/mol. The summed E-state index contributed by atoms with van der Waals surface area (Å²) in [7, 11) is 0. The van der Waals surface area contributed by atoms with Crippen LogP contribution < -0.4 is 10.6 Å². The normalized spacial score (nSPS) is 10.8. The molecule has 0 saturated carbocycles. The van der Waals surface area contributed by atoms with Crippen molar-refractivity contribution in [2.45, 2.75) is 19.9 Å². The minimum Gasteiger partial charge on any atom is -0.395 e. The second kappa shape index (κ2) is 6.34. The molecular weight excluding hydrogens is 252 g/mol. The van der Waals surface area contributed by atoms with E-state index in [4.69, 9.17) is 5.73 Å². The molecule has 20 heavy (non-hydrogen) atoms. The van der Waals surface area contributed by atoms with Gasteiger partial charge in [-0.25, -0.2) is 9.97 Å². The van der Waals surface area contributed by atoms with E-state index >= 15 is 0 Å². The van der Waals surface area contributed by atoms with Gasteiger partial charge < -0.3 is 15.7 Å². The molecule has 0 aliphatic carbocycles. The van der Waals surface area contributed by atoms with Gasteiger partial charge in [0.2, 0.25) is 0 Å². The van der Waals surface area contributed by atoms with Gasteiger partial charge in [0.15, 0.2) is 5.82 Å². The predicted octanol–water partition coefficient (Wildman–Crippen LogP) is 1.93. The summed E-state index contributed by atoms with van der Waals surface area (Å²) in [5.41, 5.74) is 6.82. The SMILES string of the molecule is CC(C)N(CCO)c1cc(N)nc(-c2ccccc2)n1. The molecule has 0 atom stereocenters. The van der Waals surface area contributed by atoms with E-state index in [0.29, 0.717) is 18.2 Å². The quantitative estimate of drug-likeness (QED) is 0.870. The number of hydrogen-bond donors (Lipinski definition) is 2. The zero-order chi connectivity index (χ0) is 14.5. The number of aliphatic hydroxyl groups is 1. The number of nitrogens with zero attached hydrogens (tertiary/aromatic N) is 3. The van der Waals surface area contributed by atoms with Crippen molar-refractivity contribution in [1.29, 1.82) is 0 Å². The Kier molecular flexibility index (Phi) is 4.53. The number of hydrogen-bond acceptors (Lipinski definition) is 5. The van der Waals surface area contributed by atoms with Crippen molar-refractivity contribution in [3.63, 3.8) is 0 Å². The molecule has 0 fully saturated rings. The first kappa shape index (κ1) is 14.3. The Bertz CT molecular complexity index is 557. The first-order chi connectivity index (χ1) is 9.61. The van der Waals surface area contributed by atoms with Crippen molar-refractivity contribution in [3.05, 3.63) is 36.4 Å². The van der Waals surface area contributed by atoms with Crippen molar-refractivity contribution < 1.29 is 5.11 Å². The van der Waals surface area contributed by atoms with Gasteiger partial charge in [0.1, 0.15) is 11.6 Å². The molecule has 106 valence electrons. The van der Waals surface area contributed by atoms with E-state index in [9.17, 15) is 5.11 Å². The van der Waals surface area contributed by atoms with Crippen LogP contribution in [0, 0.1) is 0 Å². The minimum absolute atomic E-state index is 0.0722. The molecule has 5 nitrogen and oxygen atoms in total. The molecule has 1 heterocycles. The molecule has 2 rings (SSSR count). The summed E-state index contributed by atoms with van der Waals surface area (Å²) in [5, 5.41) is 9.19. The summed E-state index contributed by atoms with van der Waals surface area (Å²) in [5.74, 6) is 1.77. The molecule has 0 saturated heterocycles. The lowest BCUT2D eigenvalue weighted by Crippen LogP contribution is -2.34. The van der Waals surface area contributed by atoms with Gasteiger partial charge in [-0.15, -0.1) is 0 Å². The highest BCUT2D eigenvalue weighted by Crippen LogP contribution is 2.22.